The van der Waals surface area contributed by atoms with Gasteiger partial charge in [-0.3, -0.25) is 19.5 Å². The summed E-state index contributed by atoms with van der Waals surface area (Å²) in [7, 11) is 1.51. The van der Waals surface area contributed by atoms with Gasteiger partial charge in [0.25, 0.3) is 11.7 Å². The highest BCUT2D eigenvalue weighted by Crippen LogP contribution is 2.44. The molecule has 4 rings (SSSR count). The Labute approximate surface area is 186 Å². The van der Waals surface area contributed by atoms with E-state index in [4.69, 9.17) is 4.74 Å². The van der Waals surface area contributed by atoms with Crippen LogP contribution in [0.25, 0.3) is 5.76 Å². The summed E-state index contributed by atoms with van der Waals surface area (Å²) in [5.41, 5.74) is 0.905. The Morgan fingerprint density at radius 3 is 2.55 bits per heavy atom. The topological polar surface area (TPSA) is 100.0 Å². The maximum Gasteiger partial charge on any atom is 0.300 e. The summed E-state index contributed by atoms with van der Waals surface area (Å²) < 4.78 is 5.79. The van der Waals surface area contributed by atoms with Gasteiger partial charge in [-0.15, -0.1) is 0 Å². The molecular weight excluding hydrogens is 464 g/mol. The fourth-order valence-corrected chi connectivity index (χ4v) is 4.11. The molecule has 0 radical (unpaired) electrons. The number of pyridine rings is 1. The summed E-state index contributed by atoms with van der Waals surface area (Å²) in [5.74, 6) is -1.67. The highest BCUT2D eigenvalue weighted by molar-refractivity contribution is 9.10. The van der Waals surface area contributed by atoms with E-state index in [-0.39, 0.29) is 22.8 Å². The van der Waals surface area contributed by atoms with Gasteiger partial charge in [0.15, 0.2) is 0 Å². The summed E-state index contributed by atoms with van der Waals surface area (Å²) in [5, 5.41) is 21.5. The molecule has 31 heavy (non-hydrogen) atoms. The zero-order chi connectivity index (χ0) is 22.1. The van der Waals surface area contributed by atoms with E-state index >= 15 is 0 Å². The zero-order valence-electron chi connectivity index (χ0n) is 16.3. The number of phenolic OH excluding ortho intramolecular Hbond substituents is 1. The van der Waals surface area contributed by atoms with Gasteiger partial charge >= 0.3 is 0 Å². The van der Waals surface area contributed by atoms with Crippen LogP contribution in [0, 0.1) is 0 Å². The molecule has 0 saturated carbocycles. The smallest absolute Gasteiger partial charge is 0.300 e. The van der Waals surface area contributed by atoms with Crippen molar-refractivity contribution in [3.8, 4) is 11.5 Å². The van der Waals surface area contributed by atoms with Gasteiger partial charge in [0, 0.05) is 18.0 Å². The van der Waals surface area contributed by atoms with Crippen molar-refractivity contribution in [2.75, 3.05) is 12.0 Å². The molecule has 1 aliphatic heterocycles. The van der Waals surface area contributed by atoms with Gasteiger partial charge in [-0.2, -0.15) is 0 Å². The number of benzene rings is 2. The number of rotatable bonds is 4. The normalized spacial score (nSPS) is 17.7. The number of methoxy groups -OCH3 is 1. The predicted molar refractivity (Wildman–Crippen MR) is 118 cm³/mol. The number of hydrogen-bond acceptors (Lipinski definition) is 6. The highest BCUT2D eigenvalue weighted by atomic mass is 79.9. The molecule has 0 aliphatic carbocycles. The van der Waals surface area contributed by atoms with Gasteiger partial charge in [-0.1, -0.05) is 18.2 Å². The SMILES string of the molecule is COc1ccc(/C(O)=C2/C(=O)C(=O)N(c3ccccc3O)C2c2cccnc2)cc1Br. The van der Waals surface area contributed by atoms with Crippen LogP contribution in [0.1, 0.15) is 17.2 Å². The first-order valence-corrected chi connectivity index (χ1v) is 10.1. The second-order valence-electron chi connectivity index (χ2n) is 6.79. The van der Waals surface area contributed by atoms with Gasteiger partial charge in [0.05, 0.1) is 28.9 Å². The monoisotopic (exact) mass is 480 g/mol. The Kier molecular flexibility index (Phi) is 5.48. The third-order valence-electron chi connectivity index (χ3n) is 5.01. The number of aliphatic hydroxyl groups is 1. The number of aromatic hydroxyl groups is 1. The second kappa shape index (κ2) is 8.23. The van der Waals surface area contributed by atoms with E-state index in [1.807, 2.05) is 0 Å². The van der Waals surface area contributed by atoms with Crippen molar-refractivity contribution in [2.45, 2.75) is 6.04 Å². The van der Waals surface area contributed by atoms with Crippen LogP contribution in [0.15, 0.2) is 77.0 Å². The van der Waals surface area contributed by atoms with Gasteiger partial charge < -0.3 is 14.9 Å². The van der Waals surface area contributed by atoms with Crippen molar-refractivity contribution in [1.29, 1.82) is 0 Å². The molecular formula is C23H17BrN2O5. The maximum atomic E-state index is 13.1. The Morgan fingerprint density at radius 1 is 1.13 bits per heavy atom. The molecule has 1 aliphatic rings. The number of anilines is 1. The molecule has 1 saturated heterocycles. The van der Waals surface area contributed by atoms with E-state index < -0.39 is 17.7 Å². The van der Waals surface area contributed by atoms with Crippen LogP contribution in [0.5, 0.6) is 11.5 Å². The lowest BCUT2D eigenvalue weighted by Gasteiger charge is -2.25. The first-order valence-electron chi connectivity index (χ1n) is 9.27. The Hall–Kier alpha value is -3.65. The molecule has 156 valence electrons. The van der Waals surface area contributed by atoms with E-state index in [9.17, 15) is 19.8 Å². The molecule has 3 aromatic rings. The number of para-hydroxylation sites is 2. The van der Waals surface area contributed by atoms with E-state index in [1.165, 1.54) is 30.3 Å². The van der Waals surface area contributed by atoms with Gasteiger partial charge in [0.2, 0.25) is 0 Å². The highest BCUT2D eigenvalue weighted by Gasteiger charge is 2.47. The largest absolute Gasteiger partial charge is 0.507 e. The number of amides is 1. The molecule has 1 amide bonds. The van der Waals surface area contributed by atoms with Crippen molar-refractivity contribution < 1.29 is 24.5 Å². The number of hydrogen-bond donors (Lipinski definition) is 2. The van der Waals surface area contributed by atoms with Crippen LogP contribution in [-0.4, -0.2) is 34.0 Å². The van der Waals surface area contributed by atoms with Crippen LogP contribution in [-0.2, 0) is 9.59 Å². The number of halogens is 1. The Morgan fingerprint density at radius 2 is 1.90 bits per heavy atom. The molecule has 7 nitrogen and oxygen atoms in total. The number of ketones is 1. The van der Waals surface area contributed by atoms with Crippen molar-refractivity contribution in [2.24, 2.45) is 0 Å². The molecule has 1 aromatic heterocycles. The van der Waals surface area contributed by atoms with Crippen molar-refractivity contribution in [1.82, 2.24) is 4.98 Å². The number of carbonyl (C=O) groups is 2. The minimum Gasteiger partial charge on any atom is -0.507 e. The summed E-state index contributed by atoms with van der Waals surface area (Å²) in [4.78, 5) is 31.4. The lowest BCUT2D eigenvalue weighted by molar-refractivity contribution is -0.132. The summed E-state index contributed by atoms with van der Waals surface area (Å²) in [6, 6.07) is 13.5. The van der Waals surface area contributed by atoms with E-state index in [0.29, 0.717) is 21.3 Å². The number of aromatic nitrogens is 1. The van der Waals surface area contributed by atoms with Crippen molar-refractivity contribution in [3.05, 3.63) is 88.2 Å². The fraction of sp³-hybridized carbons (Fsp3) is 0.0870. The molecule has 8 heteroatoms. The summed E-state index contributed by atoms with van der Waals surface area (Å²) >= 11 is 3.37. The van der Waals surface area contributed by atoms with E-state index in [1.54, 1.807) is 48.7 Å². The molecule has 0 spiro atoms. The summed E-state index contributed by atoms with van der Waals surface area (Å²) in [6.45, 7) is 0. The van der Waals surface area contributed by atoms with Crippen LogP contribution in [0.3, 0.4) is 0 Å². The van der Waals surface area contributed by atoms with Crippen LogP contribution in [0.2, 0.25) is 0 Å². The van der Waals surface area contributed by atoms with Crippen LogP contribution >= 0.6 is 15.9 Å². The zero-order valence-corrected chi connectivity index (χ0v) is 17.9. The third kappa shape index (κ3) is 3.55. The molecule has 1 fully saturated rings. The predicted octanol–water partition coefficient (Wildman–Crippen LogP) is 4.18. The first kappa shape index (κ1) is 20.6. The average Bonchev–Trinajstić information content (AvgIpc) is 3.04. The standard InChI is InChI=1S/C23H17BrN2O5/c1-31-18-9-8-13(11-15(18)24)21(28)19-20(14-5-4-10-25-12-14)26(23(30)22(19)29)16-6-2-3-7-17(16)27/h2-12,20,27-28H,1H3/b21-19-. The van der Waals surface area contributed by atoms with Gasteiger partial charge in [-0.25, -0.2) is 0 Å². The molecule has 2 aromatic carbocycles. The average molecular weight is 481 g/mol. The molecule has 0 bridgehead atoms. The van der Waals surface area contributed by atoms with Gasteiger partial charge in [0.1, 0.15) is 17.3 Å². The number of nitrogens with zero attached hydrogens (tertiary/aromatic N) is 2. The van der Waals surface area contributed by atoms with Gasteiger partial charge in [-0.05, 0) is 57.9 Å². The Bertz CT molecular complexity index is 1210. The number of Topliss-reactive ketones (excluding diaryl/α,β-unsaturated/α-hetero) is 1. The van der Waals surface area contributed by atoms with Crippen molar-refractivity contribution >= 4 is 39.1 Å². The lowest BCUT2D eigenvalue weighted by atomic mass is 9.96. The number of ether oxygens (including phenoxy) is 1. The minimum atomic E-state index is -0.970. The maximum absolute atomic E-state index is 13.1. The Balaban J connectivity index is 1.95. The molecule has 1 unspecified atom stereocenters. The van der Waals surface area contributed by atoms with E-state index in [2.05, 4.69) is 20.9 Å². The first-order chi connectivity index (χ1) is 14.9. The van der Waals surface area contributed by atoms with E-state index in [0.717, 1.165) is 0 Å². The third-order valence-corrected chi connectivity index (χ3v) is 5.63. The van der Waals surface area contributed by atoms with Crippen molar-refractivity contribution in [3.63, 3.8) is 0 Å². The molecule has 1 atom stereocenters. The fourth-order valence-electron chi connectivity index (χ4n) is 3.57. The minimum absolute atomic E-state index is 0.0988. The van der Waals surface area contributed by atoms with Crippen LogP contribution in [0.4, 0.5) is 5.69 Å². The number of aliphatic hydroxyl groups excluding tert-OH is 1. The quantitative estimate of drug-likeness (QED) is 0.330. The van der Waals surface area contributed by atoms with Crippen LogP contribution < -0.4 is 9.64 Å². The number of carbonyl (C=O) groups excluding carboxylic acids is 2. The molecule has 2 heterocycles. The second-order valence-corrected chi connectivity index (χ2v) is 7.65. The summed E-state index contributed by atoms with van der Waals surface area (Å²) in [6.07, 6.45) is 3.08. The molecule has 2 N–H and O–H groups in total. The lowest BCUT2D eigenvalue weighted by Crippen LogP contribution is -2.29. The number of phenols is 1.